The normalized spacial score (nSPS) is 19.2. The van der Waals surface area contributed by atoms with Crippen LogP contribution in [0.25, 0.3) is 0 Å². The van der Waals surface area contributed by atoms with E-state index in [1.165, 1.54) is 11.4 Å². The van der Waals surface area contributed by atoms with E-state index in [2.05, 4.69) is 0 Å². The predicted octanol–water partition coefficient (Wildman–Crippen LogP) is 3.22. The average molecular weight is 474 g/mol. The summed E-state index contributed by atoms with van der Waals surface area (Å²) in [4.78, 5) is 12.7. The largest absolute Gasteiger partial charge is 0.468 e. The minimum Gasteiger partial charge on any atom is -0.468 e. The molecule has 0 bridgehead atoms. The molecule has 1 heterocycles. The fraction of sp³-hybridized carbons (Fsp3) is 0.400. The Bertz CT molecular complexity index is 1050. The van der Waals surface area contributed by atoms with Gasteiger partial charge in [-0.1, -0.05) is 54.1 Å². The Labute approximate surface area is 195 Å². The van der Waals surface area contributed by atoms with Gasteiger partial charge in [0.2, 0.25) is 10.0 Å². The first-order chi connectivity index (χ1) is 15.9. The Morgan fingerprint density at radius 3 is 2.45 bits per heavy atom. The lowest BCUT2D eigenvalue weighted by molar-refractivity contribution is -0.145. The summed E-state index contributed by atoms with van der Waals surface area (Å²) < 4.78 is 39.1. The van der Waals surface area contributed by atoms with E-state index in [0.29, 0.717) is 31.6 Å². The number of aliphatic hydroxyl groups is 1. The molecule has 1 aliphatic heterocycles. The molecule has 0 amide bonds. The molecule has 1 N–H and O–H groups in total. The van der Waals surface area contributed by atoms with Crippen LogP contribution in [0.2, 0.25) is 0 Å². The summed E-state index contributed by atoms with van der Waals surface area (Å²) in [5.74, 6) is -0.643. The third-order valence-corrected chi connectivity index (χ3v) is 7.64. The van der Waals surface area contributed by atoms with E-state index >= 15 is 0 Å². The number of benzene rings is 2. The lowest BCUT2D eigenvalue weighted by Crippen LogP contribution is -2.53. The van der Waals surface area contributed by atoms with Crippen LogP contribution < -0.4 is 0 Å². The highest BCUT2D eigenvalue weighted by Crippen LogP contribution is 2.32. The summed E-state index contributed by atoms with van der Waals surface area (Å²) in [5.41, 5.74) is 2.62. The Kier molecular flexibility index (Phi) is 8.80. The molecule has 0 saturated heterocycles. The van der Waals surface area contributed by atoms with Crippen molar-refractivity contribution in [3.05, 3.63) is 77.4 Å². The molecule has 0 unspecified atom stereocenters. The molecule has 0 aliphatic carbocycles. The van der Waals surface area contributed by atoms with Gasteiger partial charge in [0.05, 0.1) is 25.2 Å². The van der Waals surface area contributed by atoms with Crippen LogP contribution in [0.3, 0.4) is 0 Å². The maximum absolute atomic E-state index is 13.6. The third kappa shape index (κ3) is 6.29. The summed E-state index contributed by atoms with van der Waals surface area (Å²) in [6, 6.07) is 14.7. The molecule has 8 heteroatoms. The minimum atomic E-state index is -3.98. The van der Waals surface area contributed by atoms with E-state index in [1.54, 1.807) is 30.3 Å². The highest BCUT2D eigenvalue weighted by Gasteiger charge is 2.43. The van der Waals surface area contributed by atoms with Gasteiger partial charge in [-0.2, -0.15) is 4.31 Å². The number of rotatable bonds is 10. The van der Waals surface area contributed by atoms with Crippen LogP contribution in [-0.4, -0.2) is 56.2 Å². The van der Waals surface area contributed by atoms with Crippen LogP contribution in [0, 0.1) is 6.92 Å². The highest BCUT2D eigenvalue weighted by molar-refractivity contribution is 7.89. The van der Waals surface area contributed by atoms with Crippen molar-refractivity contribution in [3.63, 3.8) is 0 Å². The molecule has 0 spiro atoms. The van der Waals surface area contributed by atoms with Gasteiger partial charge >= 0.3 is 5.97 Å². The number of sulfonamides is 1. The van der Waals surface area contributed by atoms with Gasteiger partial charge in [0.1, 0.15) is 6.04 Å². The van der Waals surface area contributed by atoms with Gasteiger partial charge in [-0.25, -0.2) is 8.42 Å². The second-order valence-corrected chi connectivity index (χ2v) is 9.97. The summed E-state index contributed by atoms with van der Waals surface area (Å²) in [6.45, 7) is 2.55. The maximum atomic E-state index is 13.6. The van der Waals surface area contributed by atoms with Crippen LogP contribution in [0.15, 0.2) is 71.1 Å². The first-order valence-electron chi connectivity index (χ1n) is 11.0. The van der Waals surface area contributed by atoms with Gasteiger partial charge < -0.3 is 14.6 Å². The van der Waals surface area contributed by atoms with Crippen molar-refractivity contribution >= 4 is 16.0 Å². The molecule has 33 heavy (non-hydrogen) atoms. The number of ether oxygens (including phenoxy) is 2. The third-order valence-electron chi connectivity index (χ3n) is 5.69. The fourth-order valence-electron chi connectivity index (χ4n) is 3.97. The number of esters is 1. The Balaban J connectivity index is 1.80. The summed E-state index contributed by atoms with van der Waals surface area (Å²) in [7, 11) is -2.75. The lowest BCUT2D eigenvalue weighted by atomic mass is 9.96. The molecule has 0 radical (unpaired) electrons. The molecule has 2 aromatic carbocycles. The number of hydrogen-bond donors (Lipinski definition) is 1. The number of carbonyl (C=O) groups is 1. The average Bonchev–Trinajstić information content (AvgIpc) is 2.83. The lowest BCUT2D eigenvalue weighted by Gasteiger charge is -2.38. The fourth-order valence-corrected chi connectivity index (χ4v) is 5.71. The Morgan fingerprint density at radius 2 is 1.82 bits per heavy atom. The van der Waals surface area contributed by atoms with Crippen molar-refractivity contribution < 1.29 is 27.8 Å². The topological polar surface area (TPSA) is 93.1 Å². The number of nitrogens with zero attached hydrogens (tertiary/aromatic N) is 1. The van der Waals surface area contributed by atoms with Gasteiger partial charge in [0.15, 0.2) is 0 Å². The number of carbonyl (C=O) groups excluding carboxylic acids is 1. The van der Waals surface area contributed by atoms with Gasteiger partial charge in [-0.3, -0.25) is 4.79 Å². The molecule has 1 aliphatic rings. The SMILES string of the molecule is COC(=O)[C@@H]1CC(CO)=C[C@@H](CCCOCc2ccccc2)N1S(=O)(=O)c1ccc(C)cc1. The van der Waals surface area contributed by atoms with E-state index in [4.69, 9.17) is 9.47 Å². The zero-order valence-corrected chi connectivity index (χ0v) is 19.8. The molecule has 7 nitrogen and oxygen atoms in total. The molecule has 178 valence electrons. The van der Waals surface area contributed by atoms with Gasteiger partial charge in [-0.05, 0) is 49.5 Å². The quantitative estimate of drug-likeness (QED) is 0.324. The summed E-state index contributed by atoms with van der Waals surface area (Å²) in [5, 5.41) is 9.74. The Hall–Kier alpha value is -2.52. The summed E-state index contributed by atoms with van der Waals surface area (Å²) in [6.07, 6.45) is 2.87. The van der Waals surface area contributed by atoms with Crippen LogP contribution in [-0.2, 0) is 30.9 Å². The van der Waals surface area contributed by atoms with Crippen molar-refractivity contribution in [2.24, 2.45) is 0 Å². The van der Waals surface area contributed by atoms with Crippen molar-refractivity contribution in [1.29, 1.82) is 0 Å². The monoisotopic (exact) mass is 473 g/mol. The predicted molar refractivity (Wildman–Crippen MR) is 125 cm³/mol. The molecule has 0 fully saturated rings. The number of hydrogen-bond acceptors (Lipinski definition) is 6. The standard InChI is InChI=1S/C25H31NO6S/c1-19-10-12-23(13-11-19)33(29,30)26-22(15-21(17-27)16-24(26)25(28)31-2)9-6-14-32-18-20-7-4-3-5-8-20/h3-5,7-8,10-13,15,22,24,27H,6,9,14,16-18H2,1-2H3/t22-,24+/m1/s1. The van der Waals surface area contributed by atoms with Gasteiger partial charge in [0, 0.05) is 12.6 Å². The first kappa shape index (κ1) is 25.1. The van der Waals surface area contributed by atoms with Crippen molar-refractivity contribution in [1.82, 2.24) is 4.31 Å². The molecule has 3 rings (SSSR count). The maximum Gasteiger partial charge on any atom is 0.324 e. The van der Waals surface area contributed by atoms with Crippen LogP contribution in [0.4, 0.5) is 0 Å². The van der Waals surface area contributed by atoms with E-state index in [0.717, 1.165) is 11.1 Å². The second kappa shape index (κ2) is 11.6. The van der Waals surface area contributed by atoms with Crippen molar-refractivity contribution in [2.45, 2.75) is 49.8 Å². The van der Waals surface area contributed by atoms with Gasteiger partial charge in [0.25, 0.3) is 0 Å². The molecular formula is C25H31NO6S. The summed E-state index contributed by atoms with van der Waals surface area (Å²) >= 11 is 0. The molecule has 2 atom stereocenters. The van der Waals surface area contributed by atoms with Crippen LogP contribution in [0.1, 0.15) is 30.4 Å². The zero-order chi connectivity index (χ0) is 23.8. The molecular weight excluding hydrogens is 442 g/mol. The number of aryl methyl sites for hydroxylation is 1. The van der Waals surface area contributed by atoms with Crippen molar-refractivity contribution in [3.8, 4) is 0 Å². The van der Waals surface area contributed by atoms with E-state index in [1.807, 2.05) is 37.3 Å². The minimum absolute atomic E-state index is 0.0925. The smallest absolute Gasteiger partial charge is 0.324 e. The van der Waals surface area contributed by atoms with E-state index in [-0.39, 0.29) is 17.9 Å². The van der Waals surface area contributed by atoms with Crippen molar-refractivity contribution in [2.75, 3.05) is 20.3 Å². The molecule has 0 aromatic heterocycles. The molecule has 0 saturated carbocycles. The zero-order valence-electron chi connectivity index (χ0n) is 19.0. The number of aliphatic hydroxyl groups excluding tert-OH is 1. The Morgan fingerprint density at radius 1 is 1.12 bits per heavy atom. The van der Waals surface area contributed by atoms with Crippen LogP contribution in [0.5, 0.6) is 0 Å². The molecule has 2 aromatic rings. The second-order valence-electron chi connectivity index (χ2n) is 8.12. The van der Waals surface area contributed by atoms with Crippen LogP contribution >= 0.6 is 0 Å². The van der Waals surface area contributed by atoms with Gasteiger partial charge in [-0.15, -0.1) is 0 Å². The highest BCUT2D eigenvalue weighted by atomic mass is 32.2. The number of methoxy groups -OCH3 is 1. The van der Waals surface area contributed by atoms with E-state index < -0.39 is 28.1 Å². The first-order valence-corrected chi connectivity index (χ1v) is 12.4. The van der Waals surface area contributed by atoms with E-state index in [9.17, 15) is 18.3 Å².